The van der Waals surface area contributed by atoms with Gasteiger partial charge in [-0.25, -0.2) is 0 Å². The van der Waals surface area contributed by atoms with E-state index in [2.05, 4.69) is 33.1 Å². The van der Waals surface area contributed by atoms with E-state index < -0.39 is 0 Å². The molecular weight excluding hydrogens is 360 g/mol. The molecule has 20 heavy (non-hydrogen) atoms. The number of carbonyl (C=O) groups excluding carboxylic acids is 1. The number of halogens is 2. The van der Waals surface area contributed by atoms with Crippen molar-refractivity contribution in [3.63, 3.8) is 0 Å². The van der Waals surface area contributed by atoms with Crippen LogP contribution in [-0.4, -0.2) is 36.5 Å². The SMILES string of the molecule is CCCN(C(=O)Cc1ccc(Br)s1)C1CCNCC1.Cl. The van der Waals surface area contributed by atoms with Crippen molar-refractivity contribution >= 4 is 45.6 Å². The van der Waals surface area contributed by atoms with Gasteiger partial charge in [0.1, 0.15) is 0 Å². The standard InChI is InChI=1S/C14H21BrN2OS.ClH/c1-2-9-17(11-5-7-16-8-6-11)14(18)10-12-3-4-13(15)19-12;/h3-4,11,16H,2,5-10H2,1H3;1H. The molecule has 1 aliphatic rings. The summed E-state index contributed by atoms with van der Waals surface area (Å²) in [7, 11) is 0. The average molecular weight is 382 g/mol. The lowest BCUT2D eigenvalue weighted by Crippen LogP contribution is -2.47. The number of hydrogen-bond donors (Lipinski definition) is 1. The number of carbonyl (C=O) groups is 1. The number of nitrogens with one attached hydrogen (secondary N) is 1. The zero-order valence-corrected chi connectivity index (χ0v) is 15.0. The summed E-state index contributed by atoms with van der Waals surface area (Å²) in [6.07, 6.45) is 3.74. The molecule has 2 heterocycles. The highest BCUT2D eigenvalue weighted by molar-refractivity contribution is 9.11. The number of amides is 1. The van der Waals surface area contributed by atoms with Crippen LogP contribution in [-0.2, 0) is 11.2 Å². The molecule has 0 aliphatic carbocycles. The van der Waals surface area contributed by atoms with Crippen molar-refractivity contribution in [1.82, 2.24) is 10.2 Å². The van der Waals surface area contributed by atoms with Gasteiger partial charge in [-0.05, 0) is 60.4 Å². The topological polar surface area (TPSA) is 32.3 Å². The first kappa shape index (κ1) is 18.0. The first-order valence-electron chi connectivity index (χ1n) is 6.95. The van der Waals surface area contributed by atoms with E-state index in [4.69, 9.17) is 0 Å². The summed E-state index contributed by atoms with van der Waals surface area (Å²) in [5.74, 6) is 0.281. The molecule has 0 atom stereocenters. The summed E-state index contributed by atoms with van der Waals surface area (Å²) >= 11 is 5.11. The van der Waals surface area contributed by atoms with Crippen molar-refractivity contribution in [3.05, 3.63) is 20.8 Å². The second-order valence-corrected chi connectivity index (χ2v) is 7.50. The van der Waals surface area contributed by atoms with Crippen LogP contribution in [0, 0.1) is 0 Å². The van der Waals surface area contributed by atoms with Gasteiger partial charge in [-0.2, -0.15) is 0 Å². The fourth-order valence-electron chi connectivity index (χ4n) is 2.57. The summed E-state index contributed by atoms with van der Waals surface area (Å²) in [5, 5.41) is 3.36. The van der Waals surface area contributed by atoms with Gasteiger partial charge >= 0.3 is 0 Å². The quantitative estimate of drug-likeness (QED) is 0.847. The van der Waals surface area contributed by atoms with Crippen LogP contribution in [0.3, 0.4) is 0 Å². The first-order chi connectivity index (χ1) is 9.20. The van der Waals surface area contributed by atoms with E-state index in [1.807, 2.05) is 12.1 Å². The van der Waals surface area contributed by atoms with Crippen LogP contribution in [0.1, 0.15) is 31.1 Å². The van der Waals surface area contributed by atoms with Crippen molar-refractivity contribution in [2.24, 2.45) is 0 Å². The minimum atomic E-state index is 0. The van der Waals surface area contributed by atoms with Crippen molar-refractivity contribution in [2.75, 3.05) is 19.6 Å². The molecule has 1 aromatic rings. The number of piperidine rings is 1. The maximum atomic E-state index is 12.5. The molecule has 1 fully saturated rings. The highest BCUT2D eigenvalue weighted by Crippen LogP contribution is 2.23. The number of hydrogen-bond acceptors (Lipinski definition) is 3. The van der Waals surface area contributed by atoms with Crippen LogP contribution in [0.15, 0.2) is 15.9 Å². The Balaban J connectivity index is 0.00000200. The van der Waals surface area contributed by atoms with Gasteiger partial charge in [0, 0.05) is 17.5 Å². The lowest BCUT2D eigenvalue weighted by Gasteiger charge is -2.34. The third-order valence-corrected chi connectivity index (χ3v) is 5.11. The van der Waals surface area contributed by atoms with E-state index in [1.54, 1.807) is 11.3 Å². The third-order valence-electron chi connectivity index (χ3n) is 3.49. The minimum Gasteiger partial charge on any atom is -0.339 e. The zero-order valence-electron chi connectivity index (χ0n) is 11.7. The monoisotopic (exact) mass is 380 g/mol. The summed E-state index contributed by atoms with van der Waals surface area (Å²) in [6.45, 7) is 5.09. The van der Waals surface area contributed by atoms with Crippen molar-refractivity contribution in [2.45, 2.75) is 38.6 Å². The molecule has 0 bridgehead atoms. The third kappa shape index (κ3) is 5.02. The maximum Gasteiger partial charge on any atom is 0.228 e. The molecule has 1 aromatic heterocycles. The smallest absolute Gasteiger partial charge is 0.228 e. The van der Waals surface area contributed by atoms with Gasteiger partial charge in [0.25, 0.3) is 0 Å². The molecule has 1 amide bonds. The van der Waals surface area contributed by atoms with Crippen molar-refractivity contribution in [3.8, 4) is 0 Å². The average Bonchev–Trinajstić information content (AvgIpc) is 2.82. The normalized spacial score (nSPS) is 15.7. The maximum absolute atomic E-state index is 12.5. The van der Waals surface area contributed by atoms with E-state index in [0.717, 1.165) is 47.6 Å². The lowest BCUT2D eigenvalue weighted by atomic mass is 10.0. The zero-order chi connectivity index (χ0) is 13.7. The van der Waals surface area contributed by atoms with Gasteiger partial charge in [-0.3, -0.25) is 4.79 Å². The Morgan fingerprint density at radius 3 is 2.70 bits per heavy atom. The van der Waals surface area contributed by atoms with E-state index in [1.165, 1.54) is 0 Å². The Hall–Kier alpha value is -0.100. The van der Waals surface area contributed by atoms with Crippen molar-refractivity contribution in [1.29, 1.82) is 0 Å². The molecule has 1 N–H and O–H groups in total. The van der Waals surface area contributed by atoms with Crippen LogP contribution in [0.25, 0.3) is 0 Å². The predicted octanol–water partition coefficient (Wildman–Crippen LogP) is 3.47. The lowest BCUT2D eigenvalue weighted by molar-refractivity contribution is -0.133. The van der Waals surface area contributed by atoms with Gasteiger partial charge in [-0.15, -0.1) is 23.7 Å². The van der Waals surface area contributed by atoms with Gasteiger partial charge in [0.15, 0.2) is 0 Å². The van der Waals surface area contributed by atoms with Crippen LogP contribution >= 0.6 is 39.7 Å². The fraction of sp³-hybridized carbons (Fsp3) is 0.643. The predicted molar refractivity (Wildman–Crippen MR) is 90.9 cm³/mol. The molecular formula is C14H22BrClN2OS. The highest BCUT2D eigenvalue weighted by atomic mass is 79.9. The Kier molecular flexibility index (Phi) is 8.10. The van der Waals surface area contributed by atoms with Crippen LogP contribution in [0.5, 0.6) is 0 Å². The Morgan fingerprint density at radius 1 is 1.45 bits per heavy atom. The molecule has 0 unspecified atom stereocenters. The molecule has 6 heteroatoms. The van der Waals surface area contributed by atoms with E-state index >= 15 is 0 Å². The van der Waals surface area contributed by atoms with E-state index in [0.29, 0.717) is 12.5 Å². The summed E-state index contributed by atoms with van der Waals surface area (Å²) in [5.41, 5.74) is 0. The number of nitrogens with zero attached hydrogens (tertiary/aromatic N) is 1. The molecule has 3 nitrogen and oxygen atoms in total. The molecule has 114 valence electrons. The molecule has 0 radical (unpaired) electrons. The van der Waals surface area contributed by atoms with Crippen LogP contribution < -0.4 is 5.32 Å². The Bertz CT molecular complexity index is 421. The first-order valence-corrected chi connectivity index (χ1v) is 8.56. The highest BCUT2D eigenvalue weighted by Gasteiger charge is 2.24. The molecule has 1 saturated heterocycles. The Morgan fingerprint density at radius 2 is 2.15 bits per heavy atom. The molecule has 0 saturated carbocycles. The van der Waals surface area contributed by atoms with Gasteiger partial charge in [0.05, 0.1) is 10.2 Å². The number of rotatable bonds is 5. The second-order valence-electron chi connectivity index (χ2n) is 4.95. The number of thiophene rings is 1. The molecule has 0 aromatic carbocycles. The van der Waals surface area contributed by atoms with E-state index in [-0.39, 0.29) is 18.3 Å². The summed E-state index contributed by atoms with van der Waals surface area (Å²) < 4.78 is 1.10. The fourth-order valence-corrected chi connectivity index (χ4v) is 4.04. The van der Waals surface area contributed by atoms with Gasteiger partial charge in [-0.1, -0.05) is 6.92 Å². The molecule has 2 rings (SSSR count). The molecule has 0 spiro atoms. The van der Waals surface area contributed by atoms with E-state index in [9.17, 15) is 4.79 Å². The van der Waals surface area contributed by atoms with Gasteiger partial charge in [0.2, 0.25) is 5.91 Å². The van der Waals surface area contributed by atoms with Crippen LogP contribution in [0.2, 0.25) is 0 Å². The summed E-state index contributed by atoms with van der Waals surface area (Å²) in [4.78, 5) is 15.8. The van der Waals surface area contributed by atoms with Gasteiger partial charge < -0.3 is 10.2 Å². The Labute approximate surface area is 139 Å². The van der Waals surface area contributed by atoms with Crippen LogP contribution in [0.4, 0.5) is 0 Å². The molecule has 1 aliphatic heterocycles. The van der Waals surface area contributed by atoms with Crippen molar-refractivity contribution < 1.29 is 4.79 Å². The summed E-state index contributed by atoms with van der Waals surface area (Å²) in [6, 6.07) is 4.48. The minimum absolute atomic E-state index is 0. The largest absolute Gasteiger partial charge is 0.339 e. The second kappa shape index (κ2) is 9.03.